The molecule has 0 amide bonds. The highest BCUT2D eigenvalue weighted by Crippen LogP contribution is 2.23. The molecule has 0 aromatic heterocycles. The van der Waals surface area contributed by atoms with E-state index in [0.29, 0.717) is 26.4 Å². The molecule has 2 rings (SSSR count). The van der Waals surface area contributed by atoms with E-state index in [1.165, 1.54) is 24.1 Å². The van der Waals surface area contributed by atoms with Crippen LogP contribution in [-0.2, 0) is 9.47 Å². The number of hydrogen-bond acceptors (Lipinski definition) is 4. The molecule has 1 unspecified atom stereocenters. The fourth-order valence-electron chi connectivity index (χ4n) is 2.94. The molecule has 0 aliphatic carbocycles. The Bertz CT molecular complexity index is 536. The zero-order chi connectivity index (χ0) is 17.9. The molecule has 0 radical (unpaired) electrons. The van der Waals surface area contributed by atoms with Gasteiger partial charge >= 0.3 is 0 Å². The number of hydrogen-bond donors (Lipinski definition) is 2. The standard InChI is InChI=1S/C19H32N4O2.HI/c1-16(22-19(20-2)21-9-12-25-14-13-24-3)17-7-6-8-18(15-17)23-10-4-5-11-23;/h6-8,15-16H,4-5,9-14H2,1-3H3,(H2,20,21,22);1H. The molecule has 0 saturated carbocycles. The molecule has 1 saturated heterocycles. The second-order valence-corrected chi connectivity index (χ2v) is 6.26. The van der Waals surface area contributed by atoms with E-state index in [4.69, 9.17) is 9.47 Å². The summed E-state index contributed by atoms with van der Waals surface area (Å²) >= 11 is 0. The van der Waals surface area contributed by atoms with Crippen molar-refractivity contribution in [3.05, 3.63) is 29.8 Å². The van der Waals surface area contributed by atoms with Gasteiger partial charge in [0.2, 0.25) is 0 Å². The minimum atomic E-state index is 0. The van der Waals surface area contributed by atoms with Gasteiger partial charge in [0.1, 0.15) is 0 Å². The summed E-state index contributed by atoms with van der Waals surface area (Å²) in [6.07, 6.45) is 2.59. The fraction of sp³-hybridized carbons (Fsp3) is 0.632. The Morgan fingerprint density at radius 3 is 2.69 bits per heavy atom. The zero-order valence-electron chi connectivity index (χ0n) is 16.2. The van der Waals surface area contributed by atoms with Crippen LogP contribution in [-0.4, -0.2) is 59.6 Å². The van der Waals surface area contributed by atoms with Crippen LogP contribution in [0.4, 0.5) is 5.69 Å². The minimum Gasteiger partial charge on any atom is -0.382 e. The Kier molecular flexibility index (Phi) is 11.6. The molecule has 0 bridgehead atoms. The smallest absolute Gasteiger partial charge is 0.191 e. The van der Waals surface area contributed by atoms with Crippen molar-refractivity contribution in [2.75, 3.05) is 58.5 Å². The fourth-order valence-corrected chi connectivity index (χ4v) is 2.94. The SMILES string of the molecule is CN=C(NCCOCCOC)NC(C)c1cccc(N2CCCC2)c1.I. The molecule has 0 spiro atoms. The first-order chi connectivity index (χ1) is 12.2. The number of ether oxygens (including phenoxy) is 2. The lowest BCUT2D eigenvalue weighted by Crippen LogP contribution is -2.40. The van der Waals surface area contributed by atoms with E-state index in [0.717, 1.165) is 19.0 Å². The van der Waals surface area contributed by atoms with Crippen molar-refractivity contribution in [3.63, 3.8) is 0 Å². The minimum absolute atomic E-state index is 0. The Labute approximate surface area is 174 Å². The van der Waals surface area contributed by atoms with Crippen LogP contribution in [0.15, 0.2) is 29.3 Å². The maximum atomic E-state index is 5.46. The van der Waals surface area contributed by atoms with Crippen molar-refractivity contribution in [1.29, 1.82) is 0 Å². The van der Waals surface area contributed by atoms with Crippen LogP contribution >= 0.6 is 24.0 Å². The molecule has 1 atom stereocenters. The third-order valence-electron chi connectivity index (χ3n) is 4.39. The highest BCUT2D eigenvalue weighted by Gasteiger charge is 2.14. The van der Waals surface area contributed by atoms with Gasteiger partial charge in [-0.15, -0.1) is 24.0 Å². The monoisotopic (exact) mass is 476 g/mol. The second-order valence-electron chi connectivity index (χ2n) is 6.26. The molecular formula is C19H33IN4O2. The van der Waals surface area contributed by atoms with E-state index >= 15 is 0 Å². The van der Waals surface area contributed by atoms with Crippen LogP contribution in [0.25, 0.3) is 0 Å². The quantitative estimate of drug-likeness (QED) is 0.249. The van der Waals surface area contributed by atoms with Crippen molar-refractivity contribution >= 4 is 35.6 Å². The number of rotatable bonds is 9. The average Bonchev–Trinajstić information content (AvgIpc) is 3.18. The van der Waals surface area contributed by atoms with Crippen LogP contribution in [0, 0.1) is 0 Å². The molecule has 1 aromatic rings. The molecule has 1 fully saturated rings. The number of halogens is 1. The predicted molar refractivity (Wildman–Crippen MR) is 119 cm³/mol. The molecule has 2 N–H and O–H groups in total. The van der Waals surface area contributed by atoms with Gasteiger partial charge in [-0.1, -0.05) is 12.1 Å². The van der Waals surface area contributed by atoms with Gasteiger partial charge in [-0.05, 0) is 37.5 Å². The summed E-state index contributed by atoms with van der Waals surface area (Å²) in [5.41, 5.74) is 2.59. The summed E-state index contributed by atoms with van der Waals surface area (Å²) in [6, 6.07) is 8.97. The third kappa shape index (κ3) is 7.67. The maximum absolute atomic E-state index is 5.46. The third-order valence-corrected chi connectivity index (χ3v) is 4.39. The van der Waals surface area contributed by atoms with E-state index in [-0.39, 0.29) is 30.0 Å². The van der Waals surface area contributed by atoms with Gasteiger partial charge in [-0.25, -0.2) is 0 Å². The first-order valence-corrected chi connectivity index (χ1v) is 9.13. The first-order valence-electron chi connectivity index (χ1n) is 9.13. The molecule has 1 aliphatic rings. The molecule has 26 heavy (non-hydrogen) atoms. The summed E-state index contributed by atoms with van der Waals surface area (Å²) in [6.45, 7) is 7.06. The highest BCUT2D eigenvalue weighted by molar-refractivity contribution is 14.0. The molecule has 6 nitrogen and oxygen atoms in total. The van der Waals surface area contributed by atoms with Crippen molar-refractivity contribution in [1.82, 2.24) is 10.6 Å². The summed E-state index contributed by atoms with van der Waals surface area (Å²) in [5.74, 6) is 0.786. The van der Waals surface area contributed by atoms with Crippen molar-refractivity contribution in [3.8, 4) is 0 Å². The Balaban J connectivity index is 0.00000338. The number of nitrogens with one attached hydrogen (secondary N) is 2. The van der Waals surface area contributed by atoms with Crippen molar-refractivity contribution in [2.45, 2.75) is 25.8 Å². The van der Waals surface area contributed by atoms with Crippen LogP contribution < -0.4 is 15.5 Å². The number of benzene rings is 1. The number of guanidine groups is 1. The largest absolute Gasteiger partial charge is 0.382 e. The molecular weight excluding hydrogens is 443 g/mol. The lowest BCUT2D eigenvalue weighted by atomic mass is 10.1. The summed E-state index contributed by atoms with van der Waals surface area (Å²) < 4.78 is 10.4. The van der Waals surface area contributed by atoms with Gasteiger partial charge in [0, 0.05) is 39.5 Å². The average molecular weight is 476 g/mol. The van der Waals surface area contributed by atoms with E-state index < -0.39 is 0 Å². The van der Waals surface area contributed by atoms with Gasteiger partial charge in [-0.2, -0.15) is 0 Å². The number of anilines is 1. The lowest BCUT2D eigenvalue weighted by Gasteiger charge is -2.22. The Hall–Kier alpha value is -1.06. The van der Waals surface area contributed by atoms with E-state index in [1.54, 1.807) is 14.2 Å². The van der Waals surface area contributed by atoms with Crippen molar-refractivity contribution in [2.24, 2.45) is 4.99 Å². The van der Waals surface area contributed by atoms with Crippen LogP contribution in [0.1, 0.15) is 31.4 Å². The topological polar surface area (TPSA) is 58.1 Å². The van der Waals surface area contributed by atoms with E-state index in [2.05, 4.69) is 51.7 Å². The Morgan fingerprint density at radius 2 is 2.00 bits per heavy atom. The van der Waals surface area contributed by atoms with Gasteiger partial charge in [0.05, 0.1) is 25.9 Å². The molecule has 148 valence electrons. The summed E-state index contributed by atoms with van der Waals surface area (Å²) in [4.78, 5) is 6.75. The number of aliphatic imine (C=N–C) groups is 1. The van der Waals surface area contributed by atoms with Gasteiger partial charge in [-0.3, -0.25) is 4.99 Å². The highest BCUT2D eigenvalue weighted by atomic mass is 127. The lowest BCUT2D eigenvalue weighted by molar-refractivity contribution is 0.0733. The van der Waals surface area contributed by atoms with E-state index in [9.17, 15) is 0 Å². The van der Waals surface area contributed by atoms with Crippen LogP contribution in [0.5, 0.6) is 0 Å². The van der Waals surface area contributed by atoms with Crippen molar-refractivity contribution < 1.29 is 9.47 Å². The Morgan fingerprint density at radius 1 is 1.23 bits per heavy atom. The normalized spacial score (nSPS) is 15.5. The van der Waals surface area contributed by atoms with Crippen LogP contribution in [0.2, 0.25) is 0 Å². The molecule has 1 heterocycles. The maximum Gasteiger partial charge on any atom is 0.191 e. The van der Waals surface area contributed by atoms with Gasteiger partial charge in [0.15, 0.2) is 5.96 Å². The van der Waals surface area contributed by atoms with E-state index in [1.807, 2.05) is 0 Å². The first kappa shape index (κ1) is 23.0. The van der Waals surface area contributed by atoms with Crippen LogP contribution in [0.3, 0.4) is 0 Å². The predicted octanol–water partition coefficient (Wildman–Crippen LogP) is 2.79. The molecule has 1 aromatic carbocycles. The number of nitrogens with zero attached hydrogens (tertiary/aromatic N) is 2. The van der Waals surface area contributed by atoms with Gasteiger partial charge < -0.3 is 25.0 Å². The molecule has 7 heteroatoms. The number of methoxy groups -OCH3 is 1. The summed E-state index contributed by atoms with van der Waals surface area (Å²) in [7, 11) is 3.46. The zero-order valence-corrected chi connectivity index (χ0v) is 18.5. The van der Waals surface area contributed by atoms with Gasteiger partial charge in [0.25, 0.3) is 0 Å². The molecule has 1 aliphatic heterocycles. The summed E-state index contributed by atoms with van der Waals surface area (Å²) in [5, 5.41) is 6.72. The second kappa shape index (κ2) is 13.2.